The predicted octanol–water partition coefficient (Wildman–Crippen LogP) is 4.85. The number of hydrogen-bond acceptors (Lipinski definition) is 5. The van der Waals surface area contributed by atoms with Gasteiger partial charge in [0.05, 0.1) is 25.2 Å². The lowest BCUT2D eigenvalue weighted by molar-refractivity contribution is -0.145. The molecule has 6 heteroatoms. The fourth-order valence-corrected chi connectivity index (χ4v) is 3.62. The van der Waals surface area contributed by atoms with Gasteiger partial charge in [0.2, 0.25) is 0 Å². The normalized spacial score (nSPS) is 14.3. The SMILES string of the molecule is COC(=O)C(CCC=C[C@H](O)[C@H](Cc1ccccc1)NC(=O)OC(C)(C)C)Cc1ccccc1. The lowest BCUT2D eigenvalue weighted by Gasteiger charge is -2.25. The van der Waals surface area contributed by atoms with Crippen LogP contribution in [0.15, 0.2) is 72.8 Å². The molecule has 0 saturated carbocycles. The molecule has 3 atom stereocenters. The largest absolute Gasteiger partial charge is 0.469 e. The van der Waals surface area contributed by atoms with E-state index >= 15 is 0 Å². The van der Waals surface area contributed by atoms with Crippen LogP contribution in [0.1, 0.15) is 44.7 Å². The van der Waals surface area contributed by atoms with E-state index in [4.69, 9.17) is 9.47 Å². The number of allylic oxidation sites excluding steroid dienone is 1. The second-order valence-corrected chi connectivity index (χ2v) is 9.35. The number of methoxy groups -OCH3 is 1. The molecular formula is C28H37NO5. The number of esters is 1. The zero-order valence-corrected chi connectivity index (χ0v) is 20.6. The first-order chi connectivity index (χ1) is 16.2. The Morgan fingerprint density at radius 2 is 1.53 bits per heavy atom. The molecule has 1 unspecified atom stereocenters. The molecule has 184 valence electrons. The van der Waals surface area contributed by atoms with E-state index in [9.17, 15) is 14.7 Å². The second kappa shape index (κ2) is 13.6. The molecule has 0 saturated heterocycles. The van der Waals surface area contributed by atoms with Crippen molar-refractivity contribution < 1.29 is 24.2 Å². The van der Waals surface area contributed by atoms with Crippen molar-refractivity contribution in [1.82, 2.24) is 5.32 Å². The Kier molecular flexibility index (Phi) is 10.8. The van der Waals surface area contributed by atoms with Crippen LogP contribution in [-0.4, -0.2) is 42.0 Å². The fourth-order valence-electron chi connectivity index (χ4n) is 3.62. The number of ether oxygens (including phenoxy) is 2. The molecule has 0 bridgehead atoms. The van der Waals surface area contributed by atoms with Crippen LogP contribution in [-0.2, 0) is 27.1 Å². The zero-order chi connectivity index (χ0) is 25.0. The van der Waals surface area contributed by atoms with E-state index in [2.05, 4.69) is 5.32 Å². The number of aliphatic hydroxyl groups is 1. The standard InChI is InChI=1S/C28H37NO5/c1-28(2,3)34-27(32)29-24(20-22-15-9-6-10-16-22)25(30)18-12-11-17-23(26(31)33-4)19-21-13-7-5-8-14-21/h5-10,12-16,18,23-25,30H,11,17,19-20H2,1-4H3,(H,29,32)/t23?,24-,25-/m0/s1. The molecule has 0 aromatic heterocycles. The topological polar surface area (TPSA) is 84.9 Å². The van der Waals surface area contributed by atoms with Crippen molar-refractivity contribution in [3.63, 3.8) is 0 Å². The number of carbonyl (C=O) groups excluding carboxylic acids is 2. The van der Waals surface area contributed by atoms with Gasteiger partial charge in [-0.1, -0.05) is 72.8 Å². The summed E-state index contributed by atoms with van der Waals surface area (Å²) in [5, 5.41) is 13.6. The van der Waals surface area contributed by atoms with Crippen LogP contribution >= 0.6 is 0 Å². The van der Waals surface area contributed by atoms with Crippen molar-refractivity contribution >= 4 is 12.1 Å². The highest BCUT2D eigenvalue weighted by molar-refractivity contribution is 5.72. The van der Waals surface area contributed by atoms with Crippen molar-refractivity contribution in [2.45, 2.75) is 64.2 Å². The average Bonchev–Trinajstić information content (AvgIpc) is 2.80. The minimum absolute atomic E-state index is 0.244. The van der Waals surface area contributed by atoms with Crippen molar-refractivity contribution in [2.24, 2.45) is 5.92 Å². The average molecular weight is 468 g/mol. The molecule has 0 aliphatic carbocycles. The molecule has 2 rings (SSSR count). The fraction of sp³-hybridized carbons (Fsp3) is 0.429. The van der Waals surface area contributed by atoms with Crippen LogP contribution < -0.4 is 5.32 Å². The third-order valence-electron chi connectivity index (χ3n) is 5.29. The summed E-state index contributed by atoms with van der Waals surface area (Å²) in [6.07, 6.45) is 4.25. The third kappa shape index (κ3) is 10.2. The van der Waals surface area contributed by atoms with Gasteiger partial charge in [-0.2, -0.15) is 0 Å². The smallest absolute Gasteiger partial charge is 0.407 e. The molecule has 0 spiro atoms. The quantitative estimate of drug-likeness (QED) is 0.364. The summed E-state index contributed by atoms with van der Waals surface area (Å²) in [6, 6.07) is 18.9. The van der Waals surface area contributed by atoms with E-state index in [0.29, 0.717) is 25.7 Å². The van der Waals surface area contributed by atoms with Gasteiger partial charge in [-0.3, -0.25) is 4.79 Å². The van der Waals surface area contributed by atoms with E-state index in [1.165, 1.54) is 7.11 Å². The first kappa shape index (κ1) is 27.1. The van der Waals surface area contributed by atoms with Crippen LogP contribution in [0, 0.1) is 5.92 Å². The van der Waals surface area contributed by atoms with Crippen LogP contribution in [0.3, 0.4) is 0 Å². The maximum absolute atomic E-state index is 12.3. The lowest BCUT2D eigenvalue weighted by Crippen LogP contribution is -2.46. The van der Waals surface area contributed by atoms with Gasteiger partial charge in [0.1, 0.15) is 5.60 Å². The minimum atomic E-state index is -0.918. The number of alkyl carbamates (subject to hydrolysis) is 1. The van der Waals surface area contributed by atoms with Gasteiger partial charge in [0.15, 0.2) is 0 Å². The van der Waals surface area contributed by atoms with Gasteiger partial charge >= 0.3 is 12.1 Å². The molecule has 0 aliphatic rings. The molecule has 0 heterocycles. The Balaban J connectivity index is 2.00. The van der Waals surface area contributed by atoms with Crippen molar-refractivity contribution in [1.29, 1.82) is 0 Å². The summed E-state index contributed by atoms with van der Waals surface area (Å²) >= 11 is 0. The van der Waals surface area contributed by atoms with Crippen LogP contribution in [0.2, 0.25) is 0 Å². The molecule has 0 radical (unpaired) electrons. The number of aliphatic hydroxyl groups excluding tert-OH is 1. The van der Waals surface area contributed by atoms with Crippen molar-refractivity contribution in [3.05, 3.63) is 83.9 Å². The van der Waals surface area contributed by atoms with Gasteiger partial charge in [-0.25, -0.2) is 4.79 Å². The second-order valence-electron chi connectivity index (χ2n) is 9.35. The molecule has 1 amide bonds. The molecule has 2 aromatic rings. The Bertz CT molecular complexity index is 905. The minimum Gasteiger partial charge on any atom is -0.469 e. The first-order valence-corrected chi connectivity index (χ1v) is 11.7. The Morgan fingerprint density at radius 1 is 0.971 bits per heavy atom. The highest BCUT2D eigenvalue weighted by atomic mass is 16.6. The number of carbonyl (C=O) groups is 2. The Morgan fingerprint density at radius 3 is 2.06 bits per heavy atom. The summed E-state index contributed by atoms with van der Waals surface area (Å²) in [6.45, 7) is 5.38. The lowest BCUT2D eigenvalue weighted by atomic mass is 9.94. The van der Waals surface area contributed by atoms with Gasteiger partial charge < -0.3 is 19.9 Å². The number of nitrogens with one attached hydrogen (secondary N) is 1. The molecule has 2 aromatic carbocycles. The number of amides is 1. The predicted molar refractivity (Wildman–Crippen MR) is 133 cm³/mol. The molecule has 2 N–H and O–H groups in total. The molecule has 0 fully saturated rings. The van der Waals surface area contributed by atoms with Crippen LogP contribution in [0.5, 0.6) is 0 Å². The van der Waals surface area contributed by atoms with E-state index in [-0.39, 0.29) is 11.9 Å². The highest BCUT2D eigenvalue weighted by Crippen LogP contribution is 2.17. The van der Waals surface area contributed by atoms with E-state index in [1.54, 1.807) is 26.8 Å². The summed E-state index contributed by atoms with van der Waals surface area (Å²) in [5.74, 6) is -0.513. The summed E-state index contributed by atoms with van der Waals surface area (Å²) in [5.41, 5.74) is 1.43. The van der Waals surface area contributed by atoms with Gasteiger partial charge in [-0.05, 0) is 57.6 Å². The maximum atomic E-state index is 12.3. The number of benzene rings is 2. The molecule has 6 nitrogen and oxygen atoms in total. The Hall–Kier alpha value is -3.12. The number of hydrogen-bond donors (Lipinski definition) is 2. The monoisotopic (exact) mass is 467 g/mol. The van der Waals surface area contributed by atoms with E-state index < -0.39 is 23.8 Å². The molecule has 0 aliphatic heterocycles. The Labute approximate surface area is 203 Å². The summed E-state index contributed by atoms with van der Waals surface area (Å²) in [4.78, 5) is 24.6. The highest BCUT2D eigenvalue weighted by Gasteiger charge is 2.24. The molecule has 34 heavy (non-hydrogen) atoms. The van der Waals surface area contributed by atoms with Gasteiger partial charge in [-0.15, -0.1) is 0 Å². The van der Waals surface area contributed by atoms with Gasteiger partial charge in [0, 0.05) is 0 Å². The molecular weight excluding hydrogens is 430 g/mol. The zero-order valence-electron chi connectivity index (χ0n) is 20.6. The number of rotatable bonds is 11. The third-order valence-corrected chi connectivity index (χ3v) is 5.29. The van der Waals surface area contributed by atoms with Gasteiger partial charge in [0.25, 0.3) is 0 Å². The summed E-state index contributed by atoms with van der Waals surface area (Å²) in [7, 11) is 1.40. The van der Waals surface area contributed by atoms with E-state index in [1.807, 2.05) is 66.7 Å². The maximum Gasteiger partial charge on any atom is 0.407 e. The van der Waals surface area contributed by atoms with Crippen LogP contribution in [0.4, 0.5) is 4.79 Å². The van der Waals surface area contributed by atoms with Crippen LogP contribution in [0.25, 0.3) is 0 Å². The van der Waals surface area contributed by atoms with Crippen molar-refractivity contribution in [2.75, 3.05) is 7.11 Å². The summed E-state index contributed by atoms with van der Waals surface area (Å²) < 4.78 is 10.3. The first-order valence-electron chi connectivity index (χ1n) is 11.7. The van der Waals surface area contributed by atoms with Crippen molar-refractivity contribution in [3.8, 4) is 0 Å². The van der Waals surface area contributed by atoms with E-state index in [0.717, 1.165) is 11.1 Å².